The number of likely N-dealkylation sites (N-methyl/N-ethyl adjacent to an activating group) is 1. The summed E-state index contributed by atoms with van der Waals surface area (Å²) < 4.78 is 0. The van der Waals surface area contributed by atoms with Crippen LogP contribution in [-0.4, -0.2) is 77.7 Å². The molecule has 0 saturated carbocycles. The Morgan fingerprint density at radius 3 is 2.61 bits per heavy atom. The standard InChI is InChI=1S/C17H24N6O4S/c1-22-7-4-10-12(9-22)28-16(21-10)15(26)20-11(8-19-14(25)13(18)24)17(27)23-5-2-3-6-23/h11H,2-9H2,1H3,(H2,18,24)(H,19,25)(H,20,26). The fraction of sp³-hybridized carbons (Fsp3) is 0.588. The van der Waals surface area contributed by atoms with Crippen molar-refractivity contribution in [1.29, 1.82) is 0 Å². The molecule has 4 amide bonds. The summed E-state index contributed by atoms with van der Waals surface area (Å²) in [4.78, 5) is 57.1. The lowest BCUT2D eigenvalue weighted by Gasteiger charge is -2.23. The minimum Gasteiger partial charge on any atom is -0.361 e. The van der Waals surface area contributed by atoms with Gasteiger partial charge in [0.2, 0.25) is 5.91 Å². The first kappa shape index (κ1) is 20.2. The molecule has 1 fully saturated rings. The van der Waals surface area contributed by atoms with Gasteiger partial charge in [0.1, 0.15) is 6.04 Å². The summed E-state index contributed by atoms with van der Waals surface area (Å²) in [7, 11) is 2.01. The van der Waals surface area contributed by atoms with Gasteiger partial charge in [0.15, 0.2) is 5.01 Å². The number of amides is 4. The second-order valence-corrected chi connectivity index (χ2v) is 8.09. The lowest BCUT2D eigenvalue weighted by molar-refractivity contribution is -0.138. The van der Waals surface area contributed by atoms with Crippen molar-refractivity contribution in [3.05, 3.63) is 15.6 Å². The van der Waals surface area contributed by atoms with Crippen LogP contribution < -0.4 is 16.4 Å². The van der Waals surface area contributed by atoms with Crippen molar-refractivity contribution in [3.63, 3.8) is 0 Å². The first-order valence-electron chi connectivity index (χ1n) is 9.19. The number of nitrogens with two attached hydrogens (primary N) is 1. The topological polar surface area (TPSA) is 138 Å². The molecule has 3 heterocycles. The molecule has 0 spiro atoms. The van der Waals surface area contributed by atoms with Crippen LogP contribution in [0.25, 0.3) is 0 Å². The zero-order chi connectivity index (χ0) is 20.3. The smallest absolute Gasteiger partial charge is 0.309 e. The zero-order valence-corrected chi connectivity index (χ0v) is 16.5. The molecule has 1 unspecified atom stereocenters. The van der Waals surface area contributed by atoms with E-state index in [4.69, 9.17) is 5.73 Å². The zero-order valence-electron chi connectivity index (χ0n) is 15.7. The molecule has 2 aliphatic rings. The van der Waals surface area contributed by atoms with E-state index in [9.17, 15) is 19.2 Å². The van der Waals surface area contributed by atoms with Crippen molar-refractivity contribution in [3.8, 4) is 0 Å². The number of primary amides is 1. The number of rotatable bonds is 5. The molecular formula is C17H24N6O4S. The predicted octanol–water partition coefficient (Wildman–Crippen LogP) is -1.55. The number of aromatic nitrogens is 1. The fourth-order valence-electron chi connectivity index (χ4n) is 3.28. The SMILES string of the molecule is CN1CCc2nc(C(=O)NC(CNC(=O)C(N)=O)C(=O)N3CCCC3)sc2C1. The van der Waals surface area contributed by atoms with Gasteiger partial charge in [0, 0.05) is 44.0 Å². The number of fused-ring (bicyclic) bond motifs is 1. The van der Waals surface area contributed by atoms with Gasteiger partial charge in [-0.3, -0.25) is 19.2 Å². The van der Waals surface area contributed by atoms with Crippen molar-refractivity contribution in [1.82, 2.24) is 25.4 Å². The molecule has 0 radical (unpaired) electrons. The third kappa shape index (κ3) is 4.65. The van der Waals surface area contributed by atoms with Crippen molar-refractivity contribution >= 4 is 35.0 Å². The van der Waals surface area contributed by atoms with Crippen LogP contribution >= 0.6 is 11.3 Å². The largest absolute Gasteiger partial charge is 0.361 e. The summed E-state index contributed by atoms with van der Waals surface area (Å²) in [5, 5.41) is 5.25. The Balaban J connectivity index is 1.70. The molecule has 152 valence electrons. The summed E-state index contributed by atoms with van der Waals surface area (Å²) >= 11 is 1.31. The Bertz CT molecular complexity index is 789. The summed E-state index contributed by atoms with van der Waals surface area (Å²) in [6.07, 6.45) is 2.57. The van der Waals surface area contributed by atoms with E-state index in [2.05, 4.69) is 20.5 Å². The van der Waals surface area contributed by atoms with Crippen molar-refractivity contribution in [2.45, 2.75) is 31.8 Å². The summed E-state index contributed by atoms with van der Waals surface area (Å²) in [5.41, 5.74) is 5.85. The van der Waals surface area contributed by atoms with E-state index in [0.717, 1.165) is 42.9 Å². The van der Waals surface area contributed by atoms with Crippen molar-refractivity contribution in [2.75, 3.05) is 33.2 Å². The highest BCUT2D eigenvalue weighted by Crippen LogP contribution is 2.24. The molecule has 3 rings (SSSR count). The van der Waals surface area contributed by atoms with Crippen LogP contribution in [0.2, 0.25) is 0 Å². The third-order valence-electron chi connectivity index (χ3n) is 4.83. The molecule has 1 aromatic heterocycles. The van der Waals surface area contributed by atoms with Crippen LogP contribution in [0, 0.1) is 0 Å². The maximum Gasteiger partial charge on any atom is 0.309 e. The molecule has 2 aliphatic heterocycles. The van der Waals surface area contributed by atoms with Gasteiger partial charge in [-0.1, -0.05) is 0 Å². The summed E-state index contributed by atoms with van der Waals surface area (Å²) in [6.45, 7) is 2.62. The number of thiazole rings is 1. The first-order valence-corrected chi connectivity index (χ1v) is 10.0. The average molecular weight is 408 g/mol. The van der Waals surface area contributed by atoms with E-state index < -0.39 is 23.8 Å². The molecule has 4 N–H and O–H groups in total. The van der Waals surface area contributed by atoms with Gasteiger partial charge in [-0.2, -0.15) is 0 Å². The Morgan fingerprint density at radius 2 is 1.93 bits per heavy atom. The monoisotopic (exact) mass is 408 g/mol. The summed E-state index contributed by atoms with van der Waals surface area (Å²) in [6, 6.07) is -0.988. The first-order chi connectivity index (χ1) is 13.3. The minimum absolute atomic E-state index is 0.212. The van der Waals surface area contributed by atoms with Crippen LogP contribution in [0.3, 0.4) is 0 Å². The number of carbonyl (C=O) groups excluding carboxylic acids is 4. The van der Waals surface area contributed by atoms with Gasteiger partial charge in [0.05, 0.1) is 5.69 Å². The lowest BCUT2D eigenvalue weighted by Crippen LogP contribution is -2.54. The molecule has 0 aromatic carbocycles. The Morgan fingerprint density at radius 1 is 1.21 bits per heavy atom. The maximum absolute atomic E-state index is 12.8. The Labute approximate surface area is 166 Å². The van der Waals surface area contributed by atoms with Crippen LogP contribution in [0.15, 0.2) is 0 Å². The maximum atomic E-state index is 12.8. The van der Waals surface area contributed by atoms with Crippen molar-refractivity contribution < 1.29 is 19.2 Å². The average Bonchev–Trinajstić information content (AvgIpc) is 3.33. The van der Waals surface area contributed by atoms with E-state index in [1.54, 1.807) is 4.90 Å². The van der Waals surface area contributed by atoms with Gasteiger partial charge in [0.25, 0.3) is 5.91 Å². The van der Waals surface area contributed by atoms with Crippen LogP contribution in [0.1, 0.15) is 33.2 Å². The molecule has 28 heavy (non-hydrogen) atoms. The third-order valence-corrected chi connectivity index (χ3v) is 5.91. The minimum atomic E-state index is -1.14. The quantitative estimate of drug-likeness (QED) is 0.505. The number of nitrogens with one attached hydrogen (secondary N) is 2. The van der Waals surface area contributed by atoms with Gasteiger partial charge >= 0.3 is 11.8 Å². The Kier molecular flexibility index (Phi) is 6.25. The number of hydrogen-bond acceptors (Lipinski definition) is 7. The number of hydrogen-bond donors (Lipinski definition) is 3. The molecule has 1 aromatic rings. The van der Waals surface area contributed by atoms with E-state index in [-0.39, 0.29) is 12.5 Å². The van der Waals surface area contributed by atoms with E-state index in [0.29, 0.717) is 18.1 Å². The molecule has 1 saturated heterocycles. The molecule has 0 aliphatic carbocycles. The van der Waals surface area contributed by atoms with Gasteiger partial charge in [-0.05, 0) is 19.9 Å². The van der Waals surface area contributed by atoms with Crippen LogP contribution in [-0.2, 0) is 27.3 Å². The second kappa shape index (κ2) is 8.65. The highest BCUT2D eigenvalue weighted by molar-refractivity contribution is 7.13. The van der Waals surface area contributed by atoms with E-state index in [1.807, 2.05) is 7.05 Å². The van der Waals surface area contributed by atoms with E-state index >= 15 is 0 Å². The number of likely N-dealkylation sites (tertiary alicyclic amines) is 1. The van der Waals surface area contributed by atoms with Crippen LogP contribution in [0.5, 0.6) is 0 Å². The molecule has 11 heteroatoms. The van der Waals surface area contributed by atoms with Crippen LogP contribution in [0.4, 0.5) is 0 Å². The Hall–Kier alpha value is -2.53. The second-order valence-electron chi connectivity index (χ2n) is 7.01. The van der Waals surface area contributed by atoms with Gasteiger partial charge in [-0.25, -0.2) is 4.98 Å². The molecule has 0 bridgehead atoms. The molecular weight excluding hydrogens is 384 g/mol. The molecule has 1 atom stereocenters. The number of nitrogens with zero attached hydrogens (tertiary/aromatic N) is 3. The molecule has 10 nitrogen and oxygen atoms in total. The highest BCUT2D eigenvalue weighted by Gasteiger charge is 2.30. The lowest BCUT2D eigenvalue weighted by atomic mass is 10.2. The van der Waals surface area contributed by atoms with E-state index in [1.165, 1.54) is 11.3 Å². The number of carbonyl (C=O) groups is 4. The summed E-state index contributed by atoms with van der Waals surface area (Å²) in [5.74, 6) is -2.90. The fourth-order valence-corrected chi connectivity index (χ4v) is 4.37. The predicted molar refractivity (Wildman–Crippen MR) is 101 cm³/mol. The van der Waals surface area contributed by atoms with Gasteiger partial charge < -0.3 is 26.2 Å². The van der Waals surface area contributed by atoms with Gasteiger partial charge in [-0.15, -0.1) is 11.3 Å². The normalized spacial score (nSPS) is 17.7. The highest BCUT2D eigenvalue weighted by atomic mass is 32.1. The van der Waals surface area contributed by atoms with Crippen molar-refractivity contribution in [2.24, 2.45) is 5.73 Å².